The van der Waals surface area contributed by atoms with Gasteiger partial charge in [-0.05, 0) is 78.9 Å². The zero-order chi connectivity index (χ0) is 37.5. The van der Waals surface area contributed by atoms with E-state index in [0.29, 0.717) is 0 Å². The molecule has 4 nitrogen and oxygen atoms in total. The minimum Gasteiger partial charge on any atom is -0.512 e. The Kier molecular flexibility index (Phi) is 12.8. The van der Waals surface area contributed by atoms with Gasteiger partial charge in [0.1, 0.15) is 11.2 Å². The van der Waals surface area contributed by atoms with Gasteiger partial charge in [-0.15, -0.1) is 29.1 Å². The van der Waals surface area contributed by atoms with Gasteiger partial charge in [0.25, 0.3) is 0 Å². The predicted molar refractivity (Wildman–Crippen MR) is 216 cm³/mol. The quantitative estimate of drug-likeness (QED) is 0.0958. The summed E-state index contributed by atoms with van der Waals surface area (Å²) in [6.07, 6.45) is 9.18. The van der Waals surface area contributed by atoms with Gasteiger partial charge < -0.3 is 9.52 Å². The number of aromatic nitrogens is 1. The monoisotopic (exact) mass is 879 g/mol. The van der Waals surface area contributed by atoms with E-state index in [0.717, 1.165) is 65.3 Å². The van der Waals surface area contributed by atoms with Crippen molar-refractivity contribution in [3.05, 3.63) is 88.8 Å². The number of furan rings is 1. The number of fused-ring (bicyclic) bond motifs is 6. The van der Waals surface area contributed by atoms with Crippen molar-refractivity contribution >= 4 is 38.5 Å². The van der Waals surface area contributed by atoms with Crippen LogP contribution < -0.4 is 0 Å². The van der Waals surface area contributed by atoms with Crippen LogP contribution in [0.25, 0.3) is 44.0 Å². The van der Waals surface area contributed by atoms with Crippen LogP contribution >= 0.6 is 0 Å². The Bertz CT molecular complexity index is 2080. The number of allylic oxidation sites excluding steroid dienone is 2. The van der Waals surface area contributed by atoms with Crippen molar-refractivity contribution in [3.8, 4) is 11.3 Å². The first-order valence-electron chi connectivity index (χ1n) is 19.2. The second-order valence-electron chi connectivity index (χ2n) is 17.1. The molecule has 0 fully saturated rings. The van der Waals surface area contributed by atoms with E-state index in [1.807, 2.05) is 33.9 Å². The number of benzene rings is 3. The second-order valence-corrected chi connectivity index (χ2v) is 17.1. The summed E-state index contributed by atoms with van der Waals surface area (Å²) in [5.74, 6) is 0.547. The minimum absolute atomic E-state index is 0. The van der Waals surface area contributed by atoms with Crippen molar-refractivity contribution in [2.45, 2.75) is 138 Å². The average molecular weight is 879 g/mol. The van der Waals surface area contributed by atoms with Gasteiger partial charge in [0.2, 0.25) is 0 Å². The Hall–Kier alpha value is -3.27. The average Bonchev–Trinajstić information content (AvgIpc) is 3.47. The predicted octanol–water partition coefficient (Wildman–Crippen LogP) is 13.4. The first-order chi connectivity index (χ1) is 24.0. The molecule has 1 N–H and O–H groups in total. The van der Waals surface area contributed by atoms with Gasteiger partial charge in [0, 0.05) is 66.2 Å². The molecule has 1 aliphatic rings. The second kappa shape index (κ2) is 16.0. The molecule has 2 aromatic heterocycles. The number of nitrogens with zero attached hydrogens (tertiary/aromatic N) is 1. The van der Waals surface area contributed by atoms with Crippen LogP contribution in [0.5, 0.6) is 0 Å². The summed E-state index contributed by atoms with van der Waals surface area (Å²) in [6.45, 7) is 26.6. The molecule has 281 valence electrons. The maximum atomic E-state index is 11.7. The molecule has 1 aliphatic carbocycles. The van der Waals surface area contributed by atoms with Crippen molar-refractivity contribution in [2.75, 3.05) is 0 Å². The maximum absolute atomic E-state index is 11.7. The van der Waals surface area contributed by atoms with Gasteiger partial charge >= 0.3 is 0 Å². The van der Waals surface area contributed by atoms with E-state index in [4.69, 9.17) is 9.40 Å². The molecule has 5 aromatic rings. The summed E-state index contributed by atoms with van der Waals surface area (Å²) in [5.41, 5.74) is 9.38. The number of hydrogen-bond acceptors (Lipinski definition) is 4. The molecule has 52 heavy (non-hydrogen) atoms. The van der Waals surface area contributed by atoms with E-state index >= 15 is 0 Å². The number of aliphatic hydroxyl groups is 1. The molecule has 0 saturated carbocycles. The third-order valence-corrected chi connectivity index (χ3v) is 11.6. The fourth-order valence-corrected chi connectivity index (χ4v) is 8.11. The molecule has 0 spiro atoms. The minimum atomic E-state index is -0.00348. The molecule has 1 radical (unpaired) electrons. The van der Waals surface area contributed by atoms with Gasteiger partial charge in [-0.1, -0.05) is 111 Å². The molecule has 0 amide bonds. The number of carbonyl (C=O) groups excluding carboxylic acids is 1. The van der Waals surface area contributed by atoms with Gasteiger partial charge in [-0.3, -0.25) is 9.78 Å². The fraction of sp³-hybridized carbons (Fsp3) is 0.489. The largest absolute Gasteiger partial charge is 0.512 e. The smallest absolute Gasteiger partial charge is 0.162 e. The number of carbonyl (C=O) groups is 1. The van der Waals surface area contributed by atoms with Gasteiger partial charge in [0.15, 0.2) is 5.78 Å². The summed E-state index contributed by atoms with van der Waals surface area (Å²) in [4.78, 5) is 16.6. The standard InChI is InChI=1S/C34H36NO.C13H24O2.Ir/c1-20-17-26-28(34(7,8)15-14-33(26,5)6)31-27(20)24-13-16-35-29(30(24)36-31)22-18-21-11-9-10-12-23(21)25(19-22)32(2,3)4;1-5-10(6-2)12(14)9-13(15)11(7-3)8-4;/h9-13,16-17,19H,14-15H2,1-8H3;9-11,14H,5-8H2,1-4H3;/q-1;;/b;12-9-;. The molecule has 0 atom stereocenters. The maximum Gasteiger partial charge on any atom is 0.162 e. The number of ketones is 1. The van der Waals surface area contributed by atoms with Crippen LogP contribution in [0.2, 0.25) is 0 Å². The molecular weight excluding hydrogens is 819 g/mol. The Morgan fingerprint density at radius 2 is 1.52 bits per heavy atom. The normalized spacial score (nSPS) is 15.5. The van der Waals surface area contributed by atoms with Gasteiger partial charge in [-0.2, -0.15) is 0 Å². The Morgan fingerprint density at radius 3 is 2.13 bits per heavy atom. The molecular formula is C47H60IrNO3-. The van der Waals surface area contributed by atoms with E-state index in [-0.39, 0.29) is 59.7 Å². The first-order valence-corrected chi connectivity index (χ1v) is 19.2. The van der Waals surface area contributed by atoms with Crippen LogP contribution in [0.3, 0.4) is 0 Å². The van der Waals surface area contributed by atoms with Crippen LogP contribution in [0, 0.1) is 24.8 Å². The number of aliphatic hydroxyl groups excluding tert-OH is 1. The summed E-state index contributed by atoms with van der Waals surface area (Å²) < 4.78 is 6.90. The van der Waals surface area contributed by atoms with E-state index in [9.17, 15) is 9.90 Å². The van der Waals surface area contributed by atoms with Crippen LogP contribution in [0.4, 0.5) is 0 Å². The third kappa shape index (κ3) is 7.97. The molecule has 0 saturated heterocycles. The van der Waals surface area contributed by atoms with Crippen molar-refractivity contribution in [2.24, 2.45) is 11.8 Å². The SMILES string of the molecule is CCC(CC)C(=O)/C=C(\O)C(CC)CC.Cc1cc2c(c3oc4c(-c5[c-]c6ccccc6c(C(C)(C)C)c5)nccc4c13)C(C)(C)CCC2(C)C.[Ir]. The zero-order valence-electron chi connectivity index (χ0n) is 33.6. The molecule has 6 rings (SSSR count). The zero-order valence-corrected chi connectivity index (χ0v) is 36.0. The Balaban J connectivity index is 0.000000323. The van der Waals surface area contributed by atoms with Crippen LogP contribution in [-0.2, 0) is 41.1 Å². The number of hydrogen-bond donors (Lipinski definition) is 1. The van der Waals surface area contributed by atoms with Crippen molar-refractivity contribution in [1.29, 1.82) is 0 Å². The Labute approximate surface area is 326 Å². The summed E-state index contributed by atoms with van der Waals surface area (Å²) in [5, 5.41) is 14.5. The summed E-state index contributed by atoms with van der Waals surface area (Å²) >= 11 is 0. The van der Waals surface area contributed by atoms with Crippen LogP contribution in [0.1, 0.15) is 137 Å². The Morgan fingerprint density at radius 1 is 0.904 bits per heavy atom. The van der Waals surface area contributed by atoms with E-state index < -0.39 is 0 Å². The molecule has 0 aliphatic heterocycles. The molecule has 2 heterocycles. The summed E-state index contributed by atoms with van der Waals surface area (Å²) in [7, 11) is 0. The van der Waals surface area contributed by atoms with Gasteiger partial charge in [0.05, 0.1) is 5.76 Å². The van der Waals surface area contributed by atoms with Gasteiger partial charge in [-0.25, -0.2) is 0 Å². The van der Waals surface area contributed by atoms with Crippen molar-refractivity contribution in [1.82, 2.24) is 4.98 Å². The summed E-state index contributed by atoms with van der Waals surface area (Å²) in [6, 6.07) is 19.0. The molecule has 5 heteroatoms. The van der Waals surface area contributed by atoms with E-state index in [2.05, 4.69) is 104 Å². The number of rotatable bonds is 8. The number of aryl methyl sites for hydroxylation is 1. The topological polar surface area (TPSA) is 63.3 Å². The molecule has 0 unspecified atom stereocenters. The third-order valence-electron chi connectivity index (χ3n) is 11.6. The van der Waals surface area contributed by atoms with Crippen molar-refractivity contribution in [3.63, 3.8) is 0 Å². The van der Waals surface area contributed by atoms with Crippen molar-refractivity contribution < 1.29 is 34.4 Å². The van der Waals surface area contributed by atoms with E-state index in [1.165, 1.54) is 45.5 Å². The molecule has 3 aromatic carbocycles. The van der Waals surface area contributed by atoms with Crippen LogP contribution in [0.15, 0.2) is 64.9 Å². The first kappa shape index (κ1) is 41.5. The molecule has 0 bridgehead atoms. The van der Waals surface area contributed by atoms with E-state index in [1.54, 1.807) is 0 Å². The van der Waals surface area contributed by atoms with Crippen LogP contribution in [-0.4, -0.2) is 15.9 Å². The number of pyridine rings is 1. The fourth-order valence-electron chi connectivity index (χ4n) is 8.11.